The van der Waals surface area contributed by atoms with Gasteiger partial charge in [0, 0.05) is 12.4 Å². The summed E-state index contributed by atoms with van der Waals surface area (Å²) in [6, 6.07) is 9.04. The number of imidazole rings is 1. The molecule has 0 saturated heterocycles. The summed E-state index contributed by atoms with van der Waals surface area (Å²) in [6.45, 7) is 0. The minimum absolute atomic E-state index is 0.520. The predicted molar refractivity (Wildman–Crippen MR) is 53.0 cm³/mol. The minimum Gasteiger partial charge on any atom is -0.305 e. The van der Waals surface area contributed by atoms with E-state index in [-0.39, 0.29) is 0 Å². The molecule has 0 N–H and O–H groups in total. The Morgan fingerprint density at radius 3 is 2.67 bits per heavy atom. The third-order valence-electron chi connectivity index (χ3n) is 2.03. The van der Waals surface area contributed by atoms with Gasteiger partial charge in [-0.1, -0.05) is 0 Å². The average Bonchev–Trinajstić information content (AvgIpc) is 2.81. The summed E-state index contributed by atoms with van der Waals surface area (Å²) in [5, 5.41) is 17.7. The Morgan fingerprint density at radius 1 is 1.20 bits per heavy atom. The molecule has 0 aliphatic rings. The van der Waals surface area contributed by atoms with E-state index >= 15 is 0 Å². The third kappa shape index (κ3) is 1.56. The van der Waals surface area contributed by atoms with Gasteiger partial charge in [0.15, 0.2) is 0 Å². The van der Waals surface area contributed by atoms with Crippen molar-refractivity contribution in [2.75, 3.05) is 0 Å². The molecule has 0 aliphatic carbocycles. The van der Waals surface area contributed by atoms with E-state index in [9.17, 15) is 0 Å². The fourth-order valence-corrected chi connectivity index (χ4v) is 1.31. The van der Waals surface area contributed by atoms with E-state index in [0.29, 0.717) is 16.8 Å². The summed E-state index contributed by atoms with van der Waals surface area (Å²) in [7, 11) is 0. The Labute approximate surface area is 86.6 Å². The Bertz CT molecular complexity index is 555. The maximum atomic E-state index is 8.91. The fourth-order valence-electron chi connectivity index (χ4n) is 1.31. The van der Waals surface area contributed by atoms with Crippen molar-refractivity contribution in [1.29, 1.82) is 10.5 Å². The van der Waals surface area contributed by atoms with Gasteiger partial charge in [-0.2, -0.15) is 10.5 Å². The molecule has 1 aromatic carbocycles. The normalized spacial score (nSPS) is 9.20. The largest absolute Gasteiger partial charge is 0.305 e. The summed E-state index contributed by atoms with van der Waals surface area (Å²) in [5.41, 5.74) is 1.72. The lowest BCUT2D eigenvalue weighted by Gasteiger charge is -2.04. The summed E-state index contributed by atoms with van der Waals surface area (Å²) in [5.74, 6) is 0. The van der Waals surface area contributed by atoms with E-state index in [1.807, 2.05) is 6.07 Å². The van der Waals surface area contributed by atoms with Crippen molar-refractivity contribution >= 4 is 0 Å². The molecule has 4 nitrogen and oxygen atoms in total. The third-order valence-corrected chi connectivity index (χ3v) is 2.03. The first-order chi connectivity index (χ1) is 7.35. The first kappa shape index (κ1) is 8.98. The predicted octanol–water partition coefficient (Wildman–Crippen LogP) is 1.62. The second-order valence-corrected chi connectivity index (χ2v) is 2.93. The first-order valence-corrected chi connectivity index (χ1v) is 4.27. The van der Waals surface area contributed by atoms with Gasteiger partial charge in [-0.25, -0.2) is 4.98 Å². The smallest absolute Gasteiger partial charge is 0.101 e. The number of aromatic nitrogens is 2. The molecule has 0 bridgehead atoms. The molecule has 0 fully saturated rings. The van der Waals surface area contributed by atoms with Crippen molar-refractivity contribution in [2.24, 2.45) is 0 Å². The second-order valence-electron chi connectivity index (χ2n) is 2.93. The molecule has 0 spiro atoms. The second kappa shape index (κ2) is 3.65. The van der Waals surface area contributed by atoms with Crippen LogP contribution in [0.2, 0.25) is 0 Å². The van der Waals surface area contributed by atoms with E-state index < -0.39 is 0 Å². The number of benzene rings is 1. The molecule has 2 rings (SSSR count). The number of rotatable bonds is 1. The highest BCUT2D eigenvalue weighted by Gasteiger charge is 2.04. The molecule has 0 unspecified atom stereocenters. The van der Waals surface area contributed by atoms with Crippen LogP contribution in [-0.2, 0) is 0 Å². The Balaban J connectivity index is 2.65. The maximum Gasteiger partial charge on any atom is 0.101 e. The van der Waals surface area contributed by atoms with Crippen LogP contribution in [-0.4, -0.2) is 9.55 Å². The average molecular weight is 194 g/mol. The minimum atomic E-state index is 0.520. The van der Waals surface area contributed by atoms with E-state index in [4.69, 9.17) is 10.5 Å². The molecule has 4 heteroatoms. The summed E-state index contributed by atoms with van der Waals surface area (Å²) in [6.07, 6.45) is 4.95. The summed E-state index contributed by atoms with van der Waals surface area (Å²) >= 11 is 0. The van der Waals surface area contributed by atoms with E-state index in [0.717, 1.165) is 0 Å². The molecule has 15 heavy (non-hydrogen) atoms. The van der Waals surface area contributed by atoms with Gasteiger partial charge in [-0.15, -0.1) is 0 Å². The quantitative estimate of drug-likeness (QED) is 0.692. The first-order valence-electron chi connectivity index (χ1n) is 4.27. The lowest BCUT2D eigenvalue weighted by atomic mass is 10.1. The number of nitriles is 2. The van der Waals surface area contributed by atoms with Gasteiger partial charge >= 0.3 is 0 Å². The Kier molecular flexibility index (Phi) is 2.19. The zero-order valence-electron chi connectivity index (χ0n) is 7.75. The number of nitrogens with zero attached hydrogens (tertiary/aromatic N) is 4. The van der Waals surface area contributed by atoms with E-state index in [1.54, 1.807) is 41.5 Å². The van der Waals surface area contributed by atoms with Gasteiger partial charge in [0.2, 0.25) is 0 Å². The van der Waals surface area contributed by atoms with Crippen LogP contribution in [0.1, 0.15) is 11.1 Å². The van der Waals surface area contributed by atoms with Crippen LogP contribution in [0.4, 0.5) is 0 Å². The number of hydrogen-bond donors (Lipinski definition) is 0. The lowest BCUT2D eigenvalue weighted by molar-refractivity contribution is 1.05. The van der Waals surface area contributed by atoms with Crippen molar-refractivity contribution in [3.05, 3.63) is 48.0 Å². The Morgan fingerprint density at radius 2 is 2.07 bits per heavy atom. The molecule has 0 atom stereocenters. The van der Waals surface area contributed by atoms with Crippen LogP contribution >= 0.6 is 0 Å². The van der Waals surface area contributed by atoms with Crippen molar-refractivity contribution in [2.45, 2.75) is 0 Å². The van der Waals surface area contributed by atoms with E-state index in [2.05, 4.69) is 11.1 Å². The van der Waals surface area contributed by atoms with E-state index in [1.165, 1.54) is 0 Å². The Hall–Kier alpha value is -2.59. The maximum absolute atomic E-state index is 8.91. The lowest BCUT2D eigenvalue weighted by Crippen LogP contribution is -1.95. The molecular formula is C11H6N4. The zero-order chi connectivity index (χ0) is 10.7. The van der Waals surface area contributed by atoms with Gasteiger partial charge < -0.3 is 4.57 Å². The highest BCUT2D eigenvalue weighted by Crippen LogP contribution is 2.15. The van der Waals surface area contributed by atoms with Crippen molar-refractivity contribution in [1.82, 2.24) is 9.55 Å². The molecule has 0 radical (unpaired) electrons. The molecule has 0 aliphatic heterocycles. The summed E-state index contributed by atoms with van der Waals surface area (Å²) in [4.78, 5) is 3.90. The SMILES string of the molecule is N#Cc1ccc(C#N)c(-n2ccnc2)c1. The van der Waals surface area contributed by atoms with Crippen molar-refractivity contribution in [3.63, 3.8) is 0 Å². The zero-order valence-corrected chi connectivity index (χ0v) is 7.75. The van der Waals surface area contributed by atoms with Crippen molar-refractivity contribution in [3.8, 4) is 17.8 Å². The standard InChI is InChI=1S/C11H6N4/c12-6-9-1-2-10(7-13)11(5-9)15-4-3-14-8-15/h1-5,8H. The molecule has 70 valence electrons. The molecule has 1 aromatic heterocycles. The van der Waals surface area contributed by atoms with Gasteiger partial charge in [0.25, 0.3) is 0 Å². The molecule has 0 amide bonds. The molecule has 0 saturated carbocycles. The molecular weight excluding hydrogens is 188 g/mol. The molecule has 2 aromatic rings. The summed E-state index contributed by atoms with van der Waals surface area (Å²) < 4.78 is 1.71. The van der Waals surface area contributed by atoms with Gasteiger partial charge in [-0.05, 0) is 18.2 Å². The highest BCUT2D eigenvalue weighted by atomic mass is 15.0. The van der Waals surface area contributed by atoms with Crippen LogP contribution in [0, 0.1) is 22.7 Å². The van der Waals surface area contributed by atoms with Gasteiger partial charge in [-0.3, -0.25) is 0 Å². The van der Waals surface area contributed by atoms with Gasteiger partial charge in [0.1, 0.15) is 6.07 Å². The van der Waals surface area contributed by atoms with Crippen LogP contribution in [0.15, 0.2) is 36.9 Å². The number of hydrogen-bond acceptors (Lipinski definition) is 3. The van der Waals surface area contributed by atoms with Crippen LogP contribution in [0.5, 0.6) is 0 Å². The monoisotopic (exact) mass is 194 g/mol. The highest BCUT2D eigenvalue weighted by molar-refractivity contribution is 5.53. The molecule has 1 heterocycles. The van der Waals surface area contributed by atoms with Crippen LogP contribution in [0.25, 0.3) is 5.69 Å². The topological polar surface area (TPSA) is 65.4 Å². The van der Waals surface area contributed by atoms with Crippen LogP contribution in [0.3, 0.4) is 0 Å². The van der Waals surface area contributed by atoms with Gasteiger partial charge in [0.05, 0.1) is 29.2 Å². The van der Waals surface area contributed by atoms with Crippen molar-refractivity contribution < 1.29 is 0 Å². The fraction of sp³-hybridized carbons (Fsp3) is 0. The van der Waals surface area contributed by atoms with Crippen LogP contribution < -0.4 is 0 Å².